The van der Waals surface area contributed by atoms with Crippen LogP contribution in [0, 0.1) is 5.92 Å². The molecule has 0 saturated heterocycles. The smallest absolute Gasteiger partial charge is 0.161 e. The predicted molar refractivity (Wildman–Crippen MR) is 90.1 cm³/mol. The quantitative estimate of drug-likeness (QED) is 0.813. The molecule has 118 valence electrons. The Morgan fingerprint density at radius 3 is 2.29 bits per heavy atom. The first kappa shape index (κ1) is 16.6. The third-order valence-electron chi connectivity index (χ3n) is 4.56. The predicted octanol–water partition coefficient (Wildman–Crippen LogP) is 4.52. The van der Waals surface area contributed by atoms with E-state index in [2.05, 4.69) is 28.2 Å². The topological polar surface area (TPSA) is 30.5 Å². The van der Waals surface area contributed by atoms with E-state index in [1.54, 1.807) is 14.2 Å². The van der Waals surface area contributed by atoms with Gasteiger partial charge in [-0.1, -0.05) is 29.3 Å². The summed E-state index contributed by atoms with van der Waals surface area (Å²) in [5, 5.41) is 3.69. The molecule has 1 aromatic carbocycles. The lowest BCUT2D eigenvalue weighted by molar-refractivity contribution is 0.285. The molecule has 0 aromatic heterocycles. The van der Waals surface area contributed by atoms with Gasteiger partial charge in [0.15, 0.2) is 11.5 Å². The molecule has 21 heavy (non-hydrogen) atoms. The molecule has 0 amide bonds. The van der Waals surface area contributed by atoms with E-state index in [4.69, 9.17) is 9.47 Å². The van der Waals surface area contributed by atoms with E-state index >= 15 is 0 Å². The molecule has 1 fully saturated rings. The van der Waals surface area contributed by atoms with Gasteiger partial charge in [-0.2, -0.15) is 0 Å². The molecule has 0 radical (unpaired) electrons. The molecule has 1 N–H and O–H groups in total. The average Bonchev–Trinajstić information content (AvgIpc) is 2.53. The Labute approximate surface area is 136 Å². The molecule has 1 aliphatic carbocycles. The van der Waals surface area contributed by atoms with E-state index in [0.29, 0.717) is 6.04 Å². The SMILES string of the molecule is CCC1CCC(NCc2cc(OC)c(OC)cc2Br)CC1. The van der Waals surface area contributed by atoms with Crippen LogP contribution < -0.4 is 14.8 Å². The normalized spacial score (nSPS) is 22.1. The maximum Gasteiger partial charge on any atom is 0.161 e. The lowest BCUT2D eigenvalue weighted by atomic mass is 9.84. The summed E-state index contributed by atoms with van der Waals surface area (Å²) in [6, 6.07) is 4.67. The minimum atomic E-state index is 0.646. The van der Waals surface area contributed by atoms with E-state index in [0.717, 1.165) is 28.4 Å². The first-order valence-electron chi connectivity index (χ1n) is 7.81. The minimum Gasteiger partial charge on any atom is -0.493 e. The fourth-order valence-corrected chi connectivity index (χ4v) is 3.52. The number of nitrogens with one attached hydrogen (secondary N) is 1. The zero-order valence-corrected chi connectivity index (χ0v) is 14.8. The minimum absolute atomic E-state index is 0.646. The fraction of sp³-hybridized carbons (Fsp3) is 0.647. The number of hydrogen-bond acceptors (Lipinski definition) is 3. The van der Waals surface area contributed by atoms with E-state index in [1.807, 2.05) is 12.1 Å². The summed E-state index contributed by atoms with van der Waals surface area (Å²) in [6.07, 6.45) is 6.64. The maximum atomic E-state index is 5.38. The van der Waals surface area contributed by atoms with Crippen LogP contribution in [-0.2, 0) is 6.54 Å². The van der Waals surface area contributed by atoms with Crippen LogP contribution in [0.2, 0.25) is 0 Å². The van der Waals surface area contributed by atoms with E-state index < -0.39 is 0 Å². The molecule has 0 atom stereocenters. The summed E-state index contributed by atoms with van der Waals surface area (Å²) in [5.74, 6) is 2.49. The second kappa shape index (κ2) is 8.04. The van der Waals surface area contributed by atoms with Crippen LogP contribution in [0.25, 0.3) is 0 Å². The number of halogens is 1. The first-order chi connectivity index (χ1) is 10.2. The Hall–Kier alpha value is -0.740. The Morgan fingerprint density at radius 2 is 1.71 bits per heavy atom. The molecular formula is C17H26BrNO2. The van der Waals surface area contributed by atoms with Crippen LogP contribution in [0.5, 0.6) is 11.5 Å². The molecule has 1 aromatic rings. The summed E-state index contributed by atoms with van der Waals surface area (Å²) in [6.45, 7) is 3.17. The number of benzene rings is 1. The fourth-order valence-electron chi connectivity index (χ4n) is 3.06. The van der Waals surface area contributed by atoms with Gasteiger partial charge in [-0.25, -0.2) is 0 Å². The lowest BCUT2D eigenvalue weighted by Gasteiger charge is -2.28. The van der Waals surface area contributed by atoms with E-state index in [9.17, 15) is 0 Å². The Bertz CT molecular complexity index is 456. The third kappa shape index (κ3) is 4.36. The van der Waals surface area contributed by atoms with Crippen LogP contribution in [0.1, 0.15) is 44.6 Å². The second-order valence-corrected chi connectivity index (χ2v) is 6.66. The van der Waals surface area contributed by atoms with Crippen LogP contribution in [0.3, 0.4) is 0 Å². The van der Waals surface area contributed by atoms with Gasteiger partial charge in [-0.15, -0.1) is 0 Å². The molecule has 0 spiro atoms. The average molecular weight is 356 g/mol. The number of hydrogen-bond donors (Lipinski definition) is 1. The highest BCUT2D eigenvalue weighted by atomic mass is 79.9. The van der Waals surface area contributed by atoms with Crippen LogP contribution >= 0.6 is 15.9 Å². The largest absolute Gasteiger partial charge is 0.493 e. The molecule has 0 unspecified atom stereocenters. The van der Waals surface area contributed by atoms with Crippen LogP contribution in [0.15, 0.2) is 16.6 Å². The van der Waals surface area contributed by atoms with Crippen LogP contribution in [0.4, 0.5) is 0 Å². The number of rotatable bonds is 6. The van der Waals surface area contributed by atoms with Gasteiger partial charge in [0, 0.05) is 17.1 Å². The molecule has 0 aliphatic heterocycles. The first-order valence-corrected chi connectivity index (χ1v) is 8.61. The van der Waals surface area contributed by atoms with Gasteiger partial charge >= 0.3 is 0 Å². The van der Waals surface area contributed by atoms with Gasteiger partial charge in [-0.05, 0) is 49.3 Å². The van der Waals surface area contributed by atoms with Crippen LogP contribution in [-0.4, -0.2) is 20.3 Å². The molecule has 1 saturated carbocycles. The maximum absolute atomic E-state index is 5.38. The highest BCUT2D eigenvalue weighted by Gasteiger charge is 2.20. The van der Waals surface area contributed by atoms with Crippen molar-refractivity contribution in [2.75, 3.05) is 14.2 Å². The highest BCUT2D eigenvalue weighted by Crippen LogP contribution is 2.33. The van der Waals surface area contributed by atoms with Crippen molar-refractivity contribution >= 4 is 15.9 Å². The van der Waals surface area contributed by atoms with E-state index in [1.165, 1.54) is 37.7 Å². The summed E-state index contributed by atoms with van der Waals surface area (Å²) < 4.78 is 11.8. The van der Waals surface area contributed by atoms with E-state index in [-0.39, 0.29) is 0 Å². The molecular weight excluding hydrogens is 330 g/mol. The van der Waals surface area contributed by atoms with Crippen molar-refractivity contribution in [3.05, 3.63) is 22.2 Å². The molecule has 4 heteroatoms. The zero-order chi connectivity index (χ0) is 15.2. The molecule has 0 heterocycles. The standard InChI is InChI=1S/C17H26BrNO2/c1-4-12-5-7-14(8-6-12)19-11-13-9-16(20-2)17(21-3)10-15(13)18/h9-10,12,14,19H,4-8,11H2,1-3H3. The summed E-state index contributed by atoms with van der Waals surface area (Å²) >= 11 is 3.62. The third-order valence-corrected chi connectivity index (χ3v) is 5.30. The monoisotopic (exact) mass is 355 g/mol. The lowest BCUT2D eigenvalue weighted by Crippen LogP contribution is -2.32. The van der Waals surface area contributed by atoms with Crippen molar-refractivity contribution in [2.45, 2.75) is 51.6 Å². The molecule has 1 aliphatic rings. The zero-order valence-electron chi connectivity index (χ0n) is 13.2. The van der Waals surface area contributed by atoms with Crippen molar-refractivity contribution in [1.82, 2.24) is 5.32 Å². The summed E-state index contributed by atoms with van der Waals surface area (Å²) in [7, 11) is 3.34. The molecule has 3 nitrogen and oxygen atoms in total. The Kier molecular flexibility index (Phi) is 6.37. The second-order valence-electron chi connectivity index (χ2n) is 5.81. The van der Waals surface area contributed by atoms with Gasteiger partial charge in [-0.3, -0.25) is 0 Å². The van der Waals surface area contributed by atoms with Crippen molar-refractivity contribution in [3.8, 4) is 11.5 Å². The molecule has 2 rings (SSSR count). The summed E-state index contributed by atoms with van der Waals surface area (Å²) in [5.41, 5.74) is 1.21. The van der Waals surface area contributed by atoms with Gasteiger partial charge in [0.2, 0.25) is 0 Å². The van der Waals surface area contributed by atoms with Gasteiger partial charge in [0.25, 0.3) is 0 Å². The highest BCUT2D eigenvalue weighted by molar-refractivity contribution is 9.10. The number of methoxy groups -OCH3 is 2. The van der Waals surface area contributed by atoms with Crippen molar-refractivity contribution in [1.29, 1.82) is 0 Å². The van der Waals surface area contributed by atoms with Gasteiger partial charge in [0.1, 0.15) is 0 Å². The summed E-state index contributed by atoms with van der Waals surface area (Å²) in [4.78, 5) is 0. The molecule has 0 bridgehead atoms. The van der Waals surface area contributed by atoms with Crippen molar-refractivity contribution < 1.29 is 9.47 Å². The Balaban J connectivity index is 1.94. The van der Waals surface area contributed by atoms with Gasteiger partial charge < -0.3 is 14.8 Å². The van der Waals surface area contributed by atoms with Crippen molar-refractivity contribution in [3.63, 3.8) is 0 Å². The number of ether oxygens (including phenoxy) is 2. The van der Waals surface area contributed by atoms with Gasteiger partial charge in [0.05, 0.1) is 14.2 Å². The van der Waals surface area contributed by atoms with Crippen molar-refractivity contribution in [2.24, 2.45) is 5.92 Å². The Morgan fingerprint density at radius 1 is 1.10 bits per heavy atom.